The molecule has 7 nitrogen and oxygen atoms in total. The second-order valence-corrected chi connectivity index (χ2v) is 10.1. The van der Waals surface area contributed by atoms with Crippen LogP contribution in [0.5, 0.6) is 5.75 Å². The molecule has 2 aromatic heterocycles. The number of thiazole rings is 1. The number of para-hydroxylation sites is 1. The number of carbonyl (C=O) groups is 1. The van der Waals surface area contributed by atoms with Crippen LogP contribution in [0.3, 0.4) is 0 Å². The molecule has 10 heteroatoms. The summed E-state index contributed by atoms with van der Waals surface area (Å²) >= 11 is 6.23. The number of hydrogen-bond acceptors (Lipinski definition) is 7. The molecule has 0 radical (unpaired) electrons. The Bertz CT molecular complexity index is 1240. The highest BCUT2D eigenvalue weighted by molar-refractivity contribution is 9.10. The van der Waals surface area contributed by atoms with Crippen LogP contribution in [0.1, 0.15) is 16.3 Å². The Labute approximate surface area is 214 Å². The number of benzene rings is 2. The van der Waals surface area contributed by atoms with Crippen molar-refractivity contribution >= 4 is 50.1 Å². The van der Waals surface area contributed by atoms with Crippen LogP contribution in [0.25, 0.3) is 0 Å². The Balaban J connectivity index is 1.31. The molecule has 34 heavy (non-hydrogen) atoms. The van der Waals surface area contributed by atoms with E-state index in [0.717, 1.165) is 21.5 Å². The van der Waals surface area contributed by atoms with Gasteiger partial charge in [0.25, 0.3) is 0 Å². The van der Waals surface area contributed by atoms with Gasteiger partial charge >= 0.3 is 0 Å². The fraction of sp³-hybridized carbons (Fsp3) is 0.167. The molecule has 0 saturated carbocycles. The number of carbonyl (C=O) groups excluding carboxylic acids is 1. The van der Waals surface area contributed by atoms with Crippen molar-refractivity contribution in [2.24, 2.45) is 0 Å². The Hall–Kier alpha value is -2.95. The second kappa shape index (κ2) is 12.0. The Kier molecular flexibility index (Phi) is 8.51. The maximum absolute atomic E-state index is 12.5. The predicted molar refractivity (Wildman–Crippen MR) is 139 cm³/mol. The molecule has 1 amide bonds. The fourth-order valence-electron chi connectivity index (χ4n) is 3.05. The van der Waals surface area contributed by atoms with Crippen LogP contribution in [0.2, 0.25) is 0 Å². The van der Waals surface area contributed by atoms with Crippen LogP contribution in [0.15, 0.2) is 83.1 Å². The van der Waals surface area contributed by atoms with Crippen molar-refractivity contribution in [2.75, 3.05) is 11.1 Å². The first-order valence-electron chi connectivity index (χ1n) is 10.4. The van der Waals surface area contributed by atoms with Gasteiger partial charge in [0.05, 0.1) is 5.75 Å². The van der Waals surface area contributed by atoms with E-state index in [1.807, 2.05) is 47.0 Å². The average Bonchev–Trinajstić information content (AvgIpc) is 3.45. The first kappa shape index (κ1) is 24.2. The van der Waals surface area contributed by atoms with E-state index in [1.54, 1.807) is 12.3 Å². The van der Waals surface area contributed by atoms with Gasteiger partial charge in [0.1, 0.15) is 12.4 Å². The van der Waals surface area contributed by atoms with Crippen LogP contribution in [-0.4, -0.2) is 31.4 Å². The van der Waals surface area contributed by atoms with Crippen molar-refractivity contribution in [1.29, 1.82) is 0 Å². The summed E-state index contributed by atoms with van der Waals surface area (Å²) in [5, 5.41) is 12.6. The van der Waals surface area contributed by atoms with Crippen molar-refractivity contribution in [2.45, 2.75) is 24.7 Å². The number of anilines is 1. The van der Waals surface area contributed by atoms with E-state index in [9.17, 15) is 4.79 Å². The molecule has 0 fully saturated rings. The maximum Gasteiger partial charge on any atom is 0.236 e. The summed E-state index contributed by atoms with van der Waals surface area (Å²) in [7, 11) is 0. The lowest BCUT2D eigenvalue weighted by Gasteiger charge is -2.09. The summed E-state index contributed by atoms with van der Waals surface area (Å²) in [5.41, 5.74) is 1.19. The summed E-state index contributed by atoms with van der Waals surface area (Å²) in [4.78, 5) is 17.9. The summed E-state index contributed by atoms with van der Waals surface area (Å²) in [6.45, 7) is 4.61. The van der Waals surface area contributed by atoms with Gasteiger partial charge in [-0.2, -0.15) is 0 Å². The molecule has 4 rings (SSSR count). The molecule has 0 spiro atoms. The third-order valence-corrected chi connectivity index (χ3v) is 7.05. The van der Waals surface area contributed by atoms with E-state index < -0.39 is 0 Å². The lowest BCUT2D eigenvalue weighted by atomic mass is 10.1. The van der Waals surface area contributed by atoms with Gasteiger partial charge in [0, 0.05) is 28.5 Å². The molecule has 4 aromatic rings. The summed E-state index contributed by atoms with van der Waals surface area (Å²) < 4.78 is 8.74. The maximum atomic E-state index is 12.5. The number of nitrogens with one attached hydrogen (secondary N) is 1. The Morgan fingerprint density at radius 1 is 1.18 bits per heavy atom. The average molecular weight is 557 g/mol. The van der Waals surface area contributed by atoms with Gasteiger partial charge in [-0.05, 0) is 29.8 Å². The molecule has 1 N–H and O–H groups in total. The minimum absolute atomic E-state index is 0.148. The molecule has 0 aliphatic rings. The number of hydrogen-bond donors (Lipinski definition) is 1. The van der Waals surface area contributed by atoms with E-state index in [4.69, 9.17) is 4.74 Å². The molecule has 174 valence electrons. The fourth-order valence-corrected chi connectivity index (χ4v) is 4.94. The summed E-state index contributed by atoms with van der Waals surface area (Å²) in [6, 6.07) is 17.7. The first-order chi connectivity index (χ1) is 16.6. The van der Waals surface area contributed by atoms with Crippen LogP contribution >= 0.6 is 39.0 Å². The SMILES string of the molecule is C=CCn1c(COc2ccccc2)nnc1SCC(=O)Nc1ncc(Cc2ccc(Br)cc2)s1. The highest BCUT2D eigenvalue weighted by atomic mass is 79.9. The first-order valence-corrected chi connectivity index (χ1v) is 13.0. The van der Waals surface area contributed by atoms with Gasteiger partial charge in [-0.1, -0.05) is 64.1 Å². The third-order valence-electron chi connectivity index (χ3n) is 4.64. The number of aromatic nitrogens is 4. The van der Waals surface area contributed by atoms with Gasteiger partial charge in [0.15, 0.2) is 16.1 Å². The van der Waals surface area contributed by atoms with Crippen molar-refractivity contribution in [3.63, 3.8) is 0 Å². The molecular weight excluding hydrogens is 534 g/mol. The van der Waals surface area contributed by atoms with Gasteiger partial charge in [-0.15, -0.1) is 28.1 Å². The highest BCUT2D eigenvalue weighted by Gasteiger charge is 2.15. The van der Waals surface area contributed by atoms with E-state index in [0.29, 0.717) is 22.7 Å². The molecule has 2 aromatic carbocycles. The smallest absolute Gasteiger partial charge is 0.236 e. The minimum Gasteiger partial charge on any atom is -0.486 e. The molecule has 0 aliphatic heterocycles. The predicted octanol–water partition coefficient (Wildman–Crippen LogP) is 5.58. The largest absolute Gasteiger partial charge is 0.486 e. The molecular formula is C24H22BrN5O2S2. The van der Waals surface area contributed by atoms with Crippen LogP contribution in [0, 0.1) is 0 Å². The number of allylic oxidation sites excluding steroid dienone is 1. The highest BCUT2D eigenvalue weighted by Crippen LogP contribution is 2.23. The number of nitrogens with zero attached hydrogens (tertiary/aromatic N) is 4. The van der Waals surface area contributed by atoms with Gasteiger partial charge in [-0.25, -0.2) is 4.98 Å². The molecule has 2 heterocycles. The molecule has 0 aliphatic carbocycles. The molecule has 0 atom stereocenters. The van der Waals surface area contributed by atoms with Crippen molar-refractivity contribution in [3.05, 3.63) is 94.2 Å². The molecule has 0 unspecified atom stereocenters. The van der Waals surface area contributed by atoms with Crippen molar-refractivity contribution < 1.29 is 9.53 Å². The van der Waals surface area contributed by atoms with Gasteiger partial charge in [-0.3, -0.25) is 9.36 Å². The van der Waals surface area contributed by atoms with E-state index >= 15 is 0 Å². The quantitative estimate of drug-likeness (QED) is 0.192. The standard InChI is InChI=1S/C24H22BrN5O2S2/c1-2-12-30-21(15-32-19-6-4-3-5-7-19)28-29-24(30)33-16-22(31)27-23-26-14-20(34-23)13-17-8-10-18(25)11-9-17/h2-11,14H,1,12-13,15-16H2,(H,26,27,31). The Morgan fingerprint density at radius 3 is 2.74 bits per heavy atom. The summed E-state index contributed by atoms with van der Waals surface area (Å²) in [6.07, 6.45) is 4.34. The topological polar surface area (TPSA) is 81.9 Å². The van der Waals surface area contributed by atoms with E-state index in [-0.39, 0.29) is 18.3 Å². The zero-order valence-electron chi connectivity index (χ0n) is 18.2. The second-order valence-electron chi connectivity index (χ2n) is 7.17. The Morgan fingerprint density at radius 2 is 1.97 bits per heavy atom. The van der Waals surface area contributed by atoms with Crippen molar-refractivity contribution in [1.82, 2.24) is 19.7 Å². The zero-order valence-corrected chi connectivity index (χ0v) is 21.4. The molecule has 0 bridgehead atoms. The minimum atomic E-state index is -0.148. The normalized spacial score (nSPS) is 10.7. The number of rotatable bonds is 11. The van der Waals surface area contributed by atoms with Crippen LogP contribution < -0.4 is 10.1 Å². The number of ether oxygens (including phenoxy) is 1. The van der Waals surface area contributed by atoms with Gasteiger partial charge in [0.2, 0.25) is 5.91 Å². The third kappa shape index (κ3) is 6.78. The number of thioether (sulfide) groups is 1. The van der Waals surface area contributed by atoms with E-state index in [2.05, 4.69) is 55.1 Å². The van der Waals surface area contributed by atoms with E-state index in [1.165, 1.54) is 28.7 Å². The molecule has 0 saturated heterocycles. The van der Waals surface area contributed by atoms with Gasteiger partial charge < -0.3 is 10.1 Å². The lowest BCUT2D eigenvalue weighted by Crippen LogP contribution is -2.14. The van der Waals surface area contributed by atoms with Crippen LogP contribution in [0.4, 0.5) is 5.13 Å². The van der Waals surface area contributed by atoms with Crippen molar-refractivity contribution in [3.8, 4) is 5.75 Å². The zero-order chi connectivity index (χ0) is 23.8. The lowest BCUT2D eigenvalue weighted by molar-refractivity contribution is -0.113. The number of halogens is 1. The monoisotopic (exact) mass is 555 g/mol. The van der Waals surface area contributed by atoms with Crippen LogP contribution in [-0.2, 0) is 24.4 Å². The number of amides is 1. The summed E-state index contributed by atoms with van der Waals surface area (Å²) in [5.74, 6) is 1.47.